The third-order valence-corrected chi connectivity index (χ3v) is 5.06. The van der Waals surface area contributed by atoms with Gasteiger partial charge in [0.25, 0.3) is 0 Å². The van der Waals surface area contributed by atoms with Crippen molar-refractivity contribution in [2.24, 2.45) is 0 Å². The molecule has 3 nitrogen and oxygen atoms in total. The van der Waals surface area contributed by atoms with Crippen LogP contribution in [-0.2, 0) is 10.2 Å². The van der Waals surface area contributed by atoms with E-state index in [0.29, 0.717) is 0 Å². The first-order chi connectivity index (χ1) is 12.9. The number of benzene rings is 2. The monoisotopic (exact) mass is 362 g/mol. The predicted molar refractivity (Wildman–Crippen MR) is 115 cm³/mol. The lowest BCUT2D eigenvalue weighted by atomic mass is 9.87. The second-order valence-electron chi connectivity index (χ2n) is 8.29. The normalized spacial score (nSPS) is 15.1. The van der Waals surface area contributed by atoms with Crippen molar-refractivity contribution >= 4 is 23.4 Å². The second kappa shape index (κ2) is 8.43. The summed E-state index contributed by atoms with van der Waals surface area (Å²) in [6.45, 7) is 8.84. The van der Waals surface area contributed by atoms with E-state index >= 15 is 0 Å². The van der Waals surface area contributed by atoms with Crippen molar-refractivity contribution in [3.8, 4) is 0 Å². The Labute approximate surface area is 163 Å². The number of nitrogens with zero attached hydrogens (tertiary/aromatic N) is 1. The molecule has 0 spiro atoms. The molecule has 142 valence electrons. The molecule has 3 heteroatoms. The van der Waals surface area contributed by atoms with Crippen molar-refractivity contribution in [1.29, 1.82) is 0 Å². The van der Waals surface area contributed by atoms with Gasteiger partial charge in [0.1, 0.15) is 0 Å². The molecule has 0 saturated carbocycles. The highest BCUT2D eigenvalue weighted by Gasteiger charge is 2.12. The van der Waals surface area contributed by atoms with Crippen LogP contribution in [0.15, 0.2) is 54.6 Å². The molecule has 1 fully saturated rings. The van der Waals surface area contributed by atoms with E-state index in [9.17, 15) is 4.79 Å². The molecule has 0 atom stereocenters. The molecule has 0 aliphatic carbocycles. The predicted octanol–water partition coefficient (Wildman–Crippen LogP) is 5.63. The van der Waals surface area contributed by atoms with Crippen LogP contribution >= 0.6 is 0 Å². The minimum absolute atomic E-state index is 0.111. The fourth-order valence-electron chi connectivity index (χ4n) is 3.36. The molecule has 1 amide bonds. The van der Waals surface area contributed by atoms with Crippen LogP contribution in [0.2, 0.25) is 0 Å². The zero-order valence-corrected chi connectivity index (χ0v) is 16.7. The molecule has 0 bridgehead atoms. The summed E-state index contributed by atoms with van der Waals surface area (Å²) in [4.78, 5) is 14.6. The van der Waals surface area contributed by atoms with Crippen LogP contribution in [-0.4, -0.2) is 19.0 Å². The summed E-state index contributed by atoms with van der Waals surface area (Å²) in [5, 5.41) is 2.93. The standard InChI is InChI=1S/C24H30N2O/c1-24(2,3)20-10-7-19(8-11-20)9-16-23(27)25-21-12-14-22(15-13-21)26-17-5-4-6-18-26/h7-16H,4-6,17-18H2,1-3H3,(H,25,27)/b16-9+. The minimum Gasteiger partial charge on any atom is -0.372 e. The molecule has 27 heavy (non-hydrogen) atoms. The van der Waals surface area contributed by atoms with E-state index in [0.717, 1.165) is 24.3 Å². The van der Waals surface area contributed by atoms with Crippen LogP contribution < -0.4 is 10.2 Å². The highest BCUT2D eigenvalue weighted by Crippen LogP contribution is 2.23. The lowest BCUT2D eigenvalue weighted by Gasteiger charge is -2.28. The third-order valence-electron chi connectivity index (χ3n) is 5.06. The molecule has 0 radical (unpaired) electrons. The molecular weight excluding hydrogens is 332 g/mol. The first kappa shape index (κ1) is 19.2. The van der Waals surface area contributed by atoms with Crippen molar-refractivity contribution in [1.82, 2.24) is 0 Å². The molecule has 1 heterocycles. The number of hydrogen-bond donors (Lipinski definition) is 1. The second-order valence-corrected chi connectivity index (χ2v) is 8.29. The number of hydrogen-bond acceptors (Lipinski definition) is 2. The first-order valence-corrected chi connectivity index (χ1v) is 9.86. The maximum atomic E-state index is 12.2. The molecule has 1 aliphatic rings. The zero-order valence-electron chi connectivity index (χ0n) is 16.7. The number of amides is 1. The number of rotatable bonds is 4. The fourth-order valence-corrected chi connectivity index (χ4v) is 3.36. The number of carbonyl (C=O) groups is 1. The van der Waals surface area contributed by atoms with Gasteiger partial charge < -0.3 is 10.2 Å². The molecular formula is C24H30N2O. The van der Waals surface area contributed by atoms with Gasteiger partial charge in [0.15, 0.2) is 0 Å². The highest BCUT2D eigenvalue weighted by molar-refractivity contribution is 6.02. The number of nitrogens with one attached hydrogen (secondary N) is 1. The summed E-state index contributed by atoms with van der Waals surface area (Å²) < 4.78 is 0. The van der Waals surface area contributed by atoms with E-state index < -0.39 is 0 Å². The number of piperidine rings is 1. The summed E-state index contributed by atoms with van der Waals surface area (Å²) in [6, 6.07) is 16.5. The topological polar surface area (TPSA) is 32.3 Å². The summed E-state index contributed by atoms with van der Waals surface area (Å²) in [7, 11) is 0. The van der Waals surface area contributed by atoms with Gasteiger partial charge in [0.05, 0.1) is 0 Å². The van der Waals surface area contributed by atoms with Gasteiger partial charge in [-0.2, -0.15) is 0 Å². The van der Waals surface area contributed by atoms with Crippen LogP contribution in [0.1, 0.15) is 51.2 Å². The van der Waals surface area contributed by atoms with Crippen molar-refractivity contribution < 1.29 is 4.79 Å². The van der Waals surface area contributed by atoms with Crippen LogP contribution in [0.4, 0.5) is 11.4 Å². The van der Waals surface area contributed by atoms with E-state index in [1.54, 1.807) is 6.08 Å². The molecule has 1 saturated heterocycles. The Balaban J connectivity index is 1.56. The average molecular weight is 363 g/mol. The molecule has 1 N–H and O–H groups in total. The molecule has 0 aromatic heterocycles. The van der Waals surface area contributed by atoms with Gasteiger partial charge in [-0.3, -0.25) is 4.79 Å². The number of carbonyl (C=O) groups excluding carboxylic acids is 1. The van der Waals surface area contributed by atoms with E-state index in [2.05, 4.69) is 67.4 Å². The maximum absolute atomic E-state index is 12.2. The van der Waals surface area contributed by atoms with Gasteiger partial charge >= 0.3 is 0 Å². The van der Waals surface area contributed by atoms with Gasteiger partial charge in [0, 0.05) is 30.5 Å². The summed E-state index contributed by atoms with van der Waals surface area (Å²) in [6.07, 6.45) is 7.30. The lowest BCUT2D eigenvalue weighted by molar-refractivity contribution is -0.111. The van der Waals surface area contributed by atoms with Gasteiger partial charge in [-0.15, -0.1) is 0 Å². The van der Waals surface area contributed by atoms with Crippen LogP contribution in [0.5, 0.6) is 0 Å². The number of anilines is 2. The SMILES string of the molecule is CC(C)(C)c1ccc(/C=C/C(=O)Nc2ccc(N3CCCCC3)cc2)cc1. The zero-order chi connectivity index (χ0) is 19.3. The Morgan fingerprint density at radius 3 is 2.15 bits per heavy atom. The summed E-state index contributed by atoms with van der Waals surface area (Å²) in [5.41, 5.74) is 4.52. The highest BCUT2D eigenvalue weighted by atomic mass is 16.1. The lowest BCUT2D eigenvalue weighted by Crippen LogP contribution is -2.29. The van der Waals surface area contributed by atoms with Gasteiger partial charge in [-0.25, -0.2) is 0 Å². The largest absolute Gasteiger partial charge is 0.372 e. The molecule has 3 rings (SSSR count). The maximum Gasteiger partial charge on any atom is 0.248 e. The molecule has 0 unspecified atom stereocenters. The third kappa shape index (κ3) is 5.46. The minimum atomic E-state index is -0.111. The summed E-state index contributed by atoms with van der Waals surface area (Å²) in [5.74, 6) is -0.111. The van der Waals surface area contributed by atoms with E-state index in [1.807, 2.05) is 18.2 Å². The summed E-state index contributed by atoms with van der Waals surface area (Å²) >= 11 is 0. The van der Waals surface area contributed by atoms with Crippen LogP contribution in [0, 0.1) is 0 Å². The Morgan fingerprint density at radius 2 is 1.56 bits per heavy atom. The molecule has 2 aromatic carbocycles. The van der Waals surface area contributed by atoms with Crippen LogP contribution in [0.25, 0.3) is 6.08 Å². The first-order valence-electron chi connectivity index (χ1n) is 9.86. The molecule has 2 aromatic rings. The Hall–Kier alpha value is -2.55. The smallest absolute Gasteiger partial charge is 0.248 e. The Bertz CT molecular complexity index is 777. The van der Waals surface area contributed by atoms with Gasteiger partial charge in [0.2, 0.25) is 5.91 Å². The van der Waals surface area contributed by atoms with Crippen molar-refractivity contribution in [2.45, 2.75) is 45.4 Å². The van der Waals surface area contributed by atoms with Gasteiger partial charge in [-0.1, -0.05) is 45.0 Å². The molecule has 1 aliphatic heterocycles. The van der Waals surface area contributed by atoms with E-state index in [-0.39, 0.29) is 11.3 Å². The van der Waals surface area contributed by atoms with E-state index in [4.69, 9.17) is 0 Å². The quantitative estimate of drug-likeness (QED) is 0.715. The average Bonchev–Trinajstić information content (AvgIpc) is 2.67. The van der Waals surface area contributed by atoms with Crippen molar-refractivity contribution in [3.63, 3.8) is 0 Å². The van der Waals surface area contributed by atoms with Crippen LogP contribution in [0.3, 0.4) is 0 Å². The van der Waals surface area contributed by atoms with Crippen molar-refractivity contribution in [3.05, 3.63) is 65.7 Å². The Kier molecular flexibility index (Phi) is 6.00. The van der Waals surface area contributed by atoms with Gasteiger partial charge in [-0.05, 0) is 66.1 Å². The van der Waals surface area contributed by atoms with E-state index in [1.165, 1.54) is 30.5 Å². The van der Waals surface area contributed by atoms with Crippen molar-refractivity contribution in [2.75, 3.05) is 23.3 Å². The fraction of sp³-hybridized carbons (Fsp3) is 0.375. The Morgan fingerprint density at radius 1 is 0.926 bits per heavy atom.